The summed E-state index contributed by atoms with van der Waals surface area (Å²) in [5, 5.41) is 0. The molecule has 0 unspecified atom stereocenters. The lowest BCUT2D eigenvalue weighted by Crippen LogP contribution is -2.43. The first-order chi connectivity index (χ1) is 9.88. The summed E-state index contributed by atoms with van der Waals surface area (Å²) in [6, 6.07) is 6.73. The third-order valence-corrected chi connectivity index (χ3v) is 4.35. The van der Waals surface area contributed by atoms with Crippen molar-refractivity contribution in [2.45, 2.75) is 39.0 Å². The molecule has 2 N–H and O–H groups in total. The highest BCUT2D eigenvalue weighted by atomic mass is 127. The average molecular weight is 419 g/mol. The summed E-state index contributed by atoms with van der Waals surface area (Å²) in [6.45, 7) is 8.94. The Morgan fingerprint density at radius 1 is 1.36 bits per heavy atom. The predicted molar refractivity (Wildman–Crippen MR) is 101 cm³/mol. The fourth-order valence-corrected chi connectivity index (χ4v) is 2.62. The molecule has 124 valence electrons. The molecule has 0 spiro atoms. The average Bonchev–Trinajstić information content (AvgIpc) is 2.45. The summed E-state index contributed by atoms with van der Waals surface area (Å²) in [5.41, 5.74) is 6.83. The SMILES string of the molecule is CC1CCN(C(N)=NCC(C)(C)c2cccc(F)c2)CC1.I. The Kier molecular flexibility index (Phi) is 7.09. The number of piperidine rings is 1. The number of nitrogens with two attached hydrogens (primary N) is 1. The molecule has 2 rings (SSSR count). The Hall–Kier alpha value is -0.850. The molecule has 1 aromatic carbocycles. The minimum atomic E-state index is -0.226. The zero-order chi connectivity index (χ0) is 15.5. The van der Waals surface area contributed by atoms with E-state index in [-0.39, 0.29) is 35.2 Å². The summed E-state index contributed by atoms with van der Waals surface area (Å²) < 4.78 is 13.4. The predicted octanol–water partition coefficient (Wildman–Crippen LogP) is 3.77. The first-order valence-corrected chi connectivity index (χ1v) is 7.69. The van der Waals surface area contributed by atoms with Gasteiger partial charge >= 0.3 is 0 Å². The van der Waals surface area contributed by atoms with Gasteiger partial charge in [0.2, 0.25) is 0 Å². The molecule has 1 aliphatic rings. The van der Waals surface area contributed by atoms with Gasteiger partial charge in [-0.05, 0) is 36.5 Å². The topological polar surface area (TPSA) is 41.6 Å². The molecule has 3 nitrogen and oxygen atoms in total. The van der Waals surface area contributed by atoms with Gasteiger partial charge in [0, 0.05) is 18.5 Å². The van der Waals surface area contributed by atoms with Crippen molar-refractivity contribution in [1.82, 2.24) is 4.90 Å². The third-order valence-electron chi connectivity index (χ3n) is 4.35. The van der Waals surface area contributed by atoms with Crippen molar-refractivity contribution in [3.05, 3.63) is 35.6 Å². The van der Waals surface area contributed by atoms with E-state index >= 15 is 0 Å². The van der Waals surface area contributed by atoms with Gasteiger partial charge in [0.05, 0.1) is 6.54 Å². The molecule has 1 aromatic rings. The van der Waals surface area contributed by atoms with Gasteiger partial charge in [-0.1, -0.05) is 32.9 Å². The molecule has 0 aliphatic carbocycles. The van der Waals surface area contributed by atoms with E-state index in [9.17, 15) is 4.39 Å². The minimum Gasteiger partial charge on any atom is -0.370 e. The van der Waals surface area contributed by atoms with Crippen LogP contribution < -0.4 is 5.73 Å². The van der Waals surface area contributed by atoms with Crippen molar-refractivity contribution in [3.63, 3.8) is 0 Å². The van der Waals surface area contributed by atoms with Crippen molar-refractivity contribution in [3.8, 4) is 0 Å². The van der Waals surface area contributed by atoms with Crippen molar-refractivity contribution < 1.29 is 4.39 Å². The number of likely N-dealkylation sites (tertiary alicyclic amines) is 1. The van der Waals surface area contributed by atoms with Gasteiger partial charge in [0.25, 0.3) is 0 Å². The number of rotatable bonds is 3. The quantitative estimate of drug-likeness (QED) is 0.461. The summed E-state index contributed by atoms with van der Waals surface area (Å²) >= 11 is 0. The van der Waals surface area contributed by atoms with Crippen LogP contribution in [0, 0.1) is 11.7 Å². The van der Waals surface area contributed by atoms with Crippen LogP contribution in [0.15, 0.2) is 29.3 Å². The maximum atomic E-state index is 13.4. The maximum Gasteiger partial charge on any atom is 0.191 e. The molecule has 0 aromatic heterocycles. The standard InChI is InChI=1S/C17H26FN3.HI/c1-13-7-9-21(10-8-13)16(19)20-12-17(2,3)14-5-4-6-15(18)11-14;/h4-6,11,13H,7-10,12H2,1-3H3,(H2,19,20);1H. The van der Waals surface area contributed by atoms with E-state index in [4.69, 9.17) is 5.73 Å². The van der Waals surface area contributed by atoms with Gasteiger partial charge in [-0.2, -0.15) is 0 Å². The van der Waals surface area contributed by atoms with Crippen molar-refractivity contribution in [2.75, 3.05) is 19.6 Å². The fraction of sp³-hybridized carbons (Fsp3) is 0.588. The third kappa shape index (κ3) is 5.11. The van der Waals surface area contributed by atoms with Crippen molar-refractivity contribution >= 4 is 29.9 Å². The first-order valence-electron chi connectivity index (χ1n) is 7.69. The number of benzene rings is 1. The van der Waals surface area contributed by atoms with Gasteiger partial charge in [-0.3, -0.25) is 4.99 Å². The van der Waals surface area contributed by atoms with E-state index in [1.165, 1.54) is 18.9 Å². The van der Waals surface area contributed by atoms with Gasteiger partial charge in [0.1, 0.15) is 5.82 Å². The molecule has 0 saturated carbocycles. The second kappa shape index (κ2) is 8.13. The van der Waals surface area contributed by atoms with Gasteiger partial charge in [0.15, 0.2) is 5.96 Å². The van der Waals surface area contributed by atoms with Crippen LogP contribution in [0.25, 0.3) is 0 Å². The van der Waals surface area contributed by atoms with Crippen LogP contribution in [-0.4, -0.2) is 30.5 Å². The number of guanidine groups is 1. The van der Waals surface area contributed by atoms with E-state index in [1.54, 1.807) is 12.1 Å². The van der Waals surface area contributed by atoms with Gasteiger partial charge in [-0.25, -0.2) is 4.39 Å². The van der Waals surface area contributed by atoms with Gasteiger partial charge in [-0.15, -0.1) is 24.0 Å². The summed E-state index contributed by atoms with van der Waals surface area (Å²) in [4.78, 5) is 6.70. The molecule has 0 atom stereocenters. The van der Waals surface area contributed by atoms with Crippen LogP contribution in [0.3, 0.4) is 0 Å². The molecule has 0 amide bonds. The Morgan fingerprint density at radius 2 is 2.00 bits per heavy atom. The lowest BCUT2D eigenvalue weighted by molar-refractivity contribution is 0.277. The molecule has 1 heterocycles. The van der Waals surface area contributed by atoms with Crippen molar-refractivity contribution in [2.24, 2.45) is 16.6 Å². The largest absolute Gasteiger partial charge is 0.370 e. The highest BCUT2D eigenvalue weighted by molar-refractivity contribution is 14.0. The normalized spacial score (nSPS) is 17.3. The fourth-order valence-electron chi connectivity index (χ4n) is 2.62. The lowest BCUT2D eigenvalue weighted by Gasteiger charge is -2.32. The summed E-state index contributed by atoms with van der Waals surface area (Å²) in [6.07, 6.45) is 2.34. The smallest absolute Gasteiger partial charge is 0.191 e. The summed E-state index contributed by atoms with van der Waals surface area (Å²) in [7, 11) is 0. The van der Waals surface area contributed by atoms with E-state index in [1.807, 2.05) is 6.07 Å². The van der Waals surface area contributed by atoms with E-state index in [0.29, 0.717) is 12.5 Å². The highest BCUT2D eigenvalue weighted by Gasteiger charge is 2.22. The number of nitrogens with zero attached hydrogens (tertiary/aromatic N) is 2. The molecule has 22 heavy (non-hydrogen) atoms. The second-order valence-corrected chi connectivity index (χ2v) is 6.74. The summed E-state index contributed by atoms with van der Waals surface area (Å²) in [5.74, 6) is 1.19. The van der Waals surface area contributed by atoms with Crippen LogP contribution in [0.2, 0.25) is 0 Å². The van der Waals surface area contributed by atoms with Gasteiger partial charge < -0.3 is 10.6 Å². The van der Waals surface area contributed by atoms with Crippen LogP contribution >= 0.6 is 24.0 Å². The number of halogens is 2. The Bertz CT molecular complexity index is 508. The number of hydrogen-bond acceptors (Lipinski definition) is 1. The molecular weight excluding hydrogens is 392 g/mol. The first kappa shape index (κ1) is 19.2. The zero-order valence-electron chi connectivity index (χ0n) is 13.7. The van der Waals surface area contributed by atoms with Crippen LogP contribution in [0.5, 0.6) is 0 Å². The second-order valence-electron chi connectivity index (χ2n) is 6.74. The maximum absolute atomic E-state index is 13.4. The Balaban J connectivity index is 0.00000242. The molecule has 1 aliphatic heterocycles. The zero-order valence-corrected chi connectivity index (χ0v) is 16.0. The number of aliphatic imine (C=N–C) groups is 1. The molecular formula is C17H27FIN3. The van der Waals surface area contributed by atoms with Crippen LogP contribution in [0.4, 0.5) is 4.39 Å². The Morgan fingerprint density at radius 3 is 2.59 bits per heavy atom. The molecule has 0 radical (unpaired) electrons. The molecule has 1 saturated heterocycles. The monoisotopic (exact) mass is 419 g/mol. The highest BCUT2D eigenvalue weighted by Crippen LogP contribution is 2.24. The van der Waals surface area contributed by atoms with Crippen molar-refractivity contribution in [1.29, 1.82) is 0 Å². The molecule has 1 fully saturated rings. The van der Waals surface area contributed by atoms with E-state index in [2.05, 4.69) is 30.7 Å². The Labute approximate surface area is 150 Å². The van der Waals surface area contributed by atoms with E-state index in [0.717, 1.165) is 24.6 Å². The minimum absolute atomic E-state index is 0. The van der Waals surface area contributed by atoms with Crippen LogP contribution in [-0.2, 0) is 5.41 Å². The lowest BCUT2D eigenvalue weighted by atomic mass is 9.85. The number of hydrogen-bond donors (Lipinski definition) is 1. The van der Waals surface area contributed by atoms with Crippen LogP contribution in [0.1, 0.15) is 39.2 Å². The molecule has 0 bridgehead atoms. The molecule has 5 heteroatoms. The van der Waals surface area contributed by atoms with E-state index < -0.39 is 0 Å².